The van der Waals surface area contributed by atoms with Crippen LogP contribution >= 0.6 is 0 Å². The molecule has 3 nitrogen and oxygen atoms in total. The first kappa shape index (κ1) is 13.4. The molecule has 0 aromatic heterocycles. The van der Waals surface area contributed by atoms with E-state index in [9.17, 15) is 0 Å². The highest BCUT2D eigenvalue weighted by molar-refractivity contribution is 6.00. The maximum absolute atomic E-state index is 7.52. The Balaban J connectivity index is 2.42. The normalized spacial score (nSPS) is 11.5. The molecule has 2 aromatic rings. The van der Waals surface area contributed by atoms with Crippen LogP contribution in [-0.4, -0.2) is 12.4 Å². The topological polar surface area (TPSA) is 59.1 Å². The molecule has 0 radical (unpaired) electrons. The summed E-state index contributed by atoms with van der Waals surface area (Å²) in [4.78, 5) is 0. The lowest BCUT2D eigenvalue weighted by Gasteiger charge is -2.19. The van der Waals surface area contributed by atoms with Crippen molar-refractivity contribution in [3.05, 3.63) is 42.0 Å². The number of nitrogens with one attached hydrogen (secondary N) is 1. The Hall–Kier alpha value is -2.03. The lowest BCUT2D eigenvalue weighted by Crippen LogP contribution is -2.17. The van der Waals surface area contributed by atoms with E-state index in [4.69, 9.17) is 15.9 Å². The van der Waals surface area contributed by atoms with Gasteiger partial charge in [-0.3, -0.25) is 5.41 Å². The molecule has 0 saturated carbocycles. The van der Waals surface area contributed by atoms with Crippen LogP contribution in [0.15, 0.2) is 36.4 Å². The van der Waals surface area contributed by atoms with Gasteiger partial charge < -0.3 is 10.5 Å². The second-order valence-corrected chi connectivity index (χ2v) is 5.96. The van der Waals surface area contributed by atoms with Crippen molar-refractivity contribution in [1.82, 2.24) is 0 Å². The summed E-state index contributed by atoms with van der Waals surface area (Å²) in [6.07, 6.45) is 0. The van der Waals surface area contributed by atoms with Gasteiger partial charge in [0.05, 0.1) is 6.61 Å². The molecule has 0 fully saturated rings. The van der Waals surface area contributed by atoms with Crippen molar-refractivity contribution in [1.29, 1.82) is 5.41 Å². The molecule has 19 heavy (non-hydrogen) atoms. The Morgan fingerprint density at radius 1 is 1.21 bits per heavy atom. The van der Waals surface area contributed by atoms with Crippen LogP contribution in [0.4, 0.5) is 0 Å². The molecule has 0 atom stereocenters. The maximum Gasteiger partial charge on any atom is 0.127 e. The number of benzene rings is 2. The van der Waals surface area contributed by atoms with Gasteiger partial charge in [-0.05, 0) is 22.9 Å². The van der Waals surface area contributed by atoms with E-state index < -0.39 is 0 Å². The number of hydrogen-bond acceptors (Lipinski definition) is 2. The number of nitrogen functional groups attached to an aromatic ring is 1. The Bertz CT molecular complexity index is 612. The van der Waals surface area contributed by atoms with Gasteiger partial charge in [-0.2, -0.15) is 0 Å². The van der Waals surface area contributed by atoms with Crippen molar-refractivity contribution in [2.75, 3.05) is 6.61 Å². The summed E-state index contributed by atoms with van der Waals surface area (Å²) in [6, 6.07) is 11.7. The van der Waals surface area contributed by atoms with E-state index in [-0.39, 0.29) is 11.3 Å². The highest BCUT2D eigenvalue weighted by Crippen LogP contribution is 2.28. The monoisotopic (exact) mass is 256 g/mol. The van der Waals surface area contributed by atoms with E-state index in [1.165, 1.54) is 0 Å². The molecular formula is C16H20N2O. The van der Waals surface area contributed by atoms with Crippen LogP contribution in [0.25, 0.3) is 10.8 Å². The minimum Gasteiger partial charge on any atom is -0.492 e. The highest BCUT2D eigenvalue weighted by atomic mass is 16.5. The van der Waals surface area contributed by atoms with Gasteiger partial charge in [-0.1, -0.05) is 45.0 Å². The lowest BCUT2D eigenvalue weighted by atomic mass is 9.98. The first-order valence-electron chi connectivity index (χ1n) is 6.37. The van der Waals surface area contributed by atoms with E-state index >= 15 is 0 Å². The number of nitrogens with two attached hydrogens (primary N) is 1. The predicted octanol–water partition coefficient (Wildman–Crippen LogP) is 3.55. The molecule has 0 saturated heterocycles. The van der Waals surface area contributed by atoms with Gasteiger partial charge in [0, 0.05) is 10.9 Å². The Morgan fingerprint density at radius 3 is 2.58 bits per heavy atom. The van der Waals surface area contributed by atoms with Crippen LogP contribution in [-0.2, 0) is 0 Å². The minimum atomic E-state index is 0.0764. The van der Waals surface area contributed by atoms with Gasteiger partial charge in [0.25, 0.3) is 0 Å². The van der Waals surface area contributed by atoms with Crippen LogP contribution in [0.1, 0.15) is 26.3 Å². The van der Waals surface area contributed by atoms with Crippen molar-refractivity contribution >= 4 is 16.6 Å². The molecule has 0 bridgehead atoms. The average molecular weight is 256 g/mol. The highest BCUT2D eigenvalue weighted by Gasteiger charge is 2.12. The predicted molar refractivity (Wildman–Crippen MR) is 79.9 cm³/mol. The Kier molecular flexibility index (Phi) is 3.47. The molecular weight excluding hydrogens is 236 g/mol. The molecule has 0 unspecified atom stereocenters. The fourth-order valence-electron chi connectivity index (χ4n) is 1.83. The van der Waals surface area contributed by atoms with E-state index in [1.54, 1.807) is 0 Å². The van der Waals surface area contributed by atoms with Crippen molar-refractivity contribution in [3.63, 3.8) is 0 Å². The molecule has 0 aliphatic heterocycles. The van der Waals surface area contributed by atoms with Crippen LogP contribution < -0.4 is 10.5 Å². The second-order valence-electron chi connectivity index (χ2n) is 5.96. The molecule has 0 amide bonds. The third-order valence-electron chi connectivity index (χ3n) is 2.81. The molecule has 0 aliphatic carbocycles. The van der Waals surface area contributed by atoms with Crippen molar-refractivity contribution in [3.8, 4) is 5.75 Å². The van der Waals surface area contributed by atoms with Crippen LogP contribution in [0.5, 0.6) is 5.75 Å². The smallest absolute Gasteiger partial charge is 0.127 e. The second kappa shape index (κ2) is 4.92. The number of amidine groups is 1. The summed E-state index contributed by atoms with van der Waals surface area (Å²) in [5, 5.41) is 9.61. The largest absolute Gasteiger partial charge is 0.492 e. The molecule has 3 heteroatoms. The quantitative estimate of drug-likeness (QED) is 0.651. The van der Waals surface area contributed by atoms with Gasteiger partial charge in [-0.15, -0.1) is 0 Å². The van der Waals surface area contributed by atoms with E-state index in [1.807, 2.05) is 36.4 Å². The summed E-state index contributed by atoms with van der Waals surface area (Å²) in [5.74, 6) is 0.919. The number of fused-ring (bicyclic) bond motifs is 1. The standard InChI is InChI=1S/C16H20N2O/c1-16(2,3)10-19-14-6-4-5-11-7-8-12(15(17)18)9-13(11)14/h4-9H,10H2,1-3H3,(H3,17,18). The zero-order valence-electron chi connectivity index (χ0n) is 11.7. The fourth-order valence-corrected chi connectivity index (χ4v) is 1.83. The Labute approximate surface area is 113 Å². The number of rotatable bonds is 3. The molecule has 0 heterocycles. The van der Waals surface area contributed by atoms with Crippen molar-refractivity contribution in [2.45, 2.75) is 20.8 Å². The third kappa shape index (κ3) is 3.25. The van der Waals surface area contributed by atoms with E-state index in [0.29, 0.717) is 6.61 Å². The summed E-state index contributed by atoms with van der Waals surface area (Å²) in [5.41, 5.74) is 6.37. The third-order valence-corrected chi connectivity index (χ3v) is 2.81. The molecule has 2 aromatic carbocycles. The Morgan fingerprint density at radius 2 is 1.95 bits per heavy atom. The van der Waals surface area contributed by atoms with Gasteiger partial charge in [0.1, 0.15) is 11.6 Å². The van der Waals surface area contributed by atoms with Crippen molar-refractivity contribution in [2.24, 2.45) is 11.1 Å². The van der Waals surface area contributed by atoms with Gasteiger partial charge in [-0.25, -0.2) is 0 Å². The first-order chi connectivity index (χ1) is 8.87. The minimum absolute atomic E-state index is 0.0764. The molecule has 3 N–H and O–H groups in total. The average Bonchev–Trinajstić information content (AvgIpc) is 2.34. The zero-order valence-corrected chi connectivity index (χ0v) is 11.7. The SMILES string of the molecule is CC(C)(C)COc1cccc2ccc(C(=N)N)cc12. The first-order valence-corrected chi connectivity index (χ1v) is 6.37. The van der Waals surface area contributed by atoms with Crippen LogP contribution in [0.3, 0.4) is 0 Å². The summed E-state index contributed by atoms with van der Waals surface area (Å²) in [7, 11) is 0. The van der Waals surface area contributed by atoms with E-state index in [2.05, 4.69) is 20.8 Å². The lowest BCUT2D eigenvalue weighted by molar-refractivity contribution is 0.200. The summed E-state index contributed by atoms with van der Waals surface area (Å²) in [6.45, 7) is 7.06. The molecule has 0 aliphatic rings. The maximum atomic E-state index is 7.52. The van der Waals surface area contributed by atoms with E-state index in [0.717, 1.165) is 22.1 Å². The van der Waals surface area contributed by atoms with Gasteiger partial charge >= 0.3 is 0 Å². The van der Waals surface area contributed by atoms with Gasteiger partial charge in [0.15, 0.2) is 0 Å². The van der Waals surface area contributed by atoms with Crippen LogP contribution in [0.2, 0.25) is 0 Å². The molecule has 2 rings (SSSR count). The summed E-state index contributed by atoms with van der Waals surface area (Å²) < 4.78 is 5.91. The van der Waals surface area contributed by atoms with Crippen molar-refractivity contribution < 1.29 is 4.74 Å². The zero-order chi connectivity index (χ0) is 14.0. The van der Waals surface area contributed by atoms with Gasteiger partial charge in [0.2, 0.25) is 0 Å². The summed E-state index contributed by atoms with van der Waals surface area (Å²) >= 11 is 0. The molecule has 0 spiro atoms. The van der Waals surface area contributed by atoms with Crippen LogP contribution in [0, 0.1) is 10.8 Å². The number of ether oxygens (including phenoxy) is 1. The number of hydrogen-bond donors (Lipinski definition) is 2. The fraction of sp³-hybridized carbons (Fsp3) is 0.312. The molecule has 100 valence electrons.